The molecule has 5 nitrogen and oxygen atoms in total. The number of benzene rings is 1. The molecule has 0 aliphatic heterocycles. The van der Waals surface area contributed by atoms with Crippen molar-refractivity contribution >= 4 is 15.7 Å². The van der Waals surface area contributed by atoms with Crippen molar-refractivity contribution in [2.24, 2.45) is 5.73 Å². The largest absolute Gasteiger partial charge is 0.382 e. The maximum Gasteiger partial charge on any atom is 0.242 e. The number of anilines is 1. The van der Waals surface area contributed by atoms with E-state index in [4.69, 9.17) is 5.73 Å². The molecule has 0 radical (unpaired) electrons. The zero-order valence-electron chi connectivity index (χ0n) is 10.1. The molecule has 0 amide bonds. The fraction of sp³-hybridized carbons (Fsp3) is 0.455. The second-order valence-corrected chi connectivity index (χ2v) is 5.59. The van der Waals surface area contributed by atoms with Gasteiger partial charge in [-0.15, -0.1) is 0 Å². The van der Waals surface area contributed by atoms with Crippen LogP contribution in [0.1, 0.15) is 13.8 Å². The number of hydrogen-bond donors (Lipinski definition) is 3. The molecule has 1 unspecified atom stereocenters. The van der Waals surface area contributed by atoms with Gasteiger partial charge >= 0.3 is 0 Å². The minimum absolute atomic E-state index is 0.0371. The first-order chi connectivity index (χ1) is 7.97. The van der Waals surface area contributed by atoms with Crippen LogP contribution in [0.5, 0.6) is 0 Å². The first-order valence-electron chi connectivity index (χ1n) is 5.55. The van der Waals surface area contributed by atoms with Crippen molar-refractivity contribution < 1.29 is 8.42 Å². The van der Waals surface area contributed by atoms with Crippen LogP contribution in [0.2, 0.25) is 0 Å². The van der Waals surface area contributed by atoms with Crippen LogP contribution in [-0.4, -0.2) is 27.5 Å². The summed E-state index contributed by atoms with van der Waals surface area (Å²) in [6.07, 6.45) is 0. The molecular weight excluding hydrogens is 238 g/mol. The summed E-state index contributed by atoms with van der Waals surface area (Å²) in [5.74, 6) is 0. The first-order valence-corrected chi connectivity index (χ1v) is 7.04. The molecule has 17 heavy (non-hydrogen) atoms. The molecule has 0 saturated heterocycles. The van der Waals surface area contributed by atoms with Crippen LogP contribution in [0.15, 0.2) is 29.2 Å². The summed E-state index contributed by atoms with van der Waals surface area (Å²) in [4.78, 5) is 0.252. The lowest BCUT2D eigenvalue weighted by atomic mass is 10.3. The Morgan fingerprint density at radius 3 is 2.59 bits per heavy atom. The van der Waals surface area contributed by atoms with Crippen molar-refractivity contribution in [3.05, 3.63) is 24.3 Å². The Morgan fingerprint density at radius 1 is 1.35 bits per heavy atom. The quantitative estimate of drug-likeness (QED) is 0.702. The van der Waals surface area contributed by atoms with Crippen molar-refractivity contribution in [2.75, 3.05) is 18.4 Å². The van der Waals surface area contributed by atoms with E-state index in [2.05, 4.69) is 10.0 Å². The van der Waals surface area contributed by atoms with E-state index in [0.29, 0.717) is 18.8 Å². The summed E-state index contributed by atoms with van der Waals surface area (Å²) in [7, 11) is -3.44. The Morgan fingerprint density at radius 2 is 2.00 bits per heavy atom. The molecule has 0 heterocycles. The Labute approximate surface area is 102 Å². The summed E-state index contributed by atoms with van der Waals surface area (Å²) in [6, 6.07) is 6.74. The van der Waals surface area contributed by atoms with Gasteiger partial charge in [0.2, 0.25) is 10.0 Å². The van der Waals surface area contributed by atoms with Crippen LogP contribution >= 0.6 is 0 Å². The topological polar surface area (TPSA) is 84.2 Å². The van der Waals surface area contributed by atoms with E-state index in [1.165, 1.54) is 0 Å². The standard InChI is InChI=1S/C11H19N3O2S/c1-3-14-17(15,16)11-7-5-4-6-10(11)13-8-9(2)12/h4-7,9,13-14H,3,8,12H2,1-2H3. The molecule has 96 valence electrons. The van der Waals surface area contributed by atoms with Gasteiger partial charge in [-0.05, 0) is 19.1 Å². The predicted octanol–water partition coefficient (Wildman–Crippen LogP) is 0.744. The number of nitrogens with one attached hydrogen (secondary N) is 2. The van der Waals surface area contributed by atoms with Crippen molar-refractivity contribution in [1.82, 2.24) is 4.72 Å². The Bertz CT molecular complexity index is 458. The van der Waals surface area contributed by atoms with Crippen LogP contribution in [0.4, 0.5) is 5.69 Å². The van der Waals surface area contributed by atoms with E-state index in [0.717, 1.165) is 0 Å². The second kappa shape index (κ2) is 6.00. The number of nitrogens with two attached hydrogens (primary N) is 1. The van der Waals surface area contributed by atoms with Gasteiger partial charge in [0.25, 0.3) is 0 Å². The summed E-state index contributed by atoms with van der Waals surface area (Å²) in [5, 5.41) is 3.03. The minimum Gasteiger partial charge on any atom is -0.382 e. The highest BCUT2D eigenvalue weighted by Crippen LogP contribution is 2.20. The van der Waals surface area contributed by atoms with E-state index < -0.39 is 10.0 Å². The molecule has 1 atom stereocenters. The fourth-order valence-corrected chi connectivity index (χ4v) is 2.61. The molecule has 0 aliphatic rings. The van der Waals surface area contributed by atoms with Crippen LogP contribution < -0.4 is 15.8 Å². The smallest absolute Gasteiger partial charge is 0.242 e. The van der Waals surface area contributed by atoms with Crippen molar-refractivity contribution in [2.45, 2.75) is 24.8 Å². The molecule has 0 fully saturated rings. The predicted molar refractivity (Wildman–Crippen MR) is 69.4 cm³/mol. The second-order valence-electron chi connectivity index (χ2n) is 3.86. The molecule has 0 aliphatic carbocycles. The Kier molecular flexibility index (Phi) is 4.92. The van der Waals surface area contributed by atoms with Gasteiger partial charge in [-0.1, -0.05) is 19.1 Å². The SMILES string of the molecule is CCNS(=O)(=O)c1ccccc1NCC(C)N. The van der Waals surface area contributed by atoms with Gasteiger partial charge in [-0.2, -0.15) is 0 Å². The zero-order valence-corrected chi connectivity index (χ0v) is 10.9. The molecule has 1 aromatic rings. The van der Waals surface area contributed by atoms with E-state index in [-0.39, 0.29) is 10.9 Å². The Balaban J connectivity index is 2.99. The molecule has 1 rings (SSSR count). The van der Waals surface area contributed by atoms with Crippen LogP contribution in [0, 0.1) is 0 Å². The molecule has 0 bridgehead atoms. The van der Waals surface area contributed by atoms with E-state index in [9.17, 15) is 8.42 Å². The normalized spacial score (nSPS) is 13.4. The maximum absolute atomic E-state index is 11.9. The van der Waals surface area contributed by atoms with Gasteiger partial charge in [0.1, 0.15) is 4.90 Å². The lowest BCUT2D eigenvalue weighted by Gasteiger charge is -2.13. The first kappa shape index (κ1) is 14.0. The highest BCUT2D eigenvalue weighted by Gasteiger charge is 2.16. The monoisotopic (exact) mass is 257 g/mol. The summed E-state index contributed by atoms with van der Waals surface area (Å²) in [6.45, 7) is 4.49. The fourth-order valence-electron chi connectivity index (χ4n) is 1.39. The van der Waals surface area contributed by atoms with Crippen LogP contribution in [0.25, 0.3) is 0 Å². The van der Waals surface area contributed by atoms with Crippen molar-refractivity contribution in [1.29, 1.82) is 0 Å². The molecule has 6 heteroatoms. The minimum atomic E-state index is -3.44. The number of rotatable bonds is 6. The Hall–Kier alpha value is -1.11. The zero-order chi connectivity index (χ0) is 12.9. The van der Waals surface area contributed by atoms with Crippen LogP contribution in [-0.2, 0) is 10.0 Å². The summed E-state index contributed by atoms with van der Waals surface area (Å²) in [5.41, 5.74) is 6.21. The third-order valence-corrected chi connectivity index (χ3v) is 3.73. The molecule has 0 saturated carbocycles. The van der Waals surface area contributed by atoms with Gasteiger partial charge in [-0.25, -0.2) is 13.1 Å². The highest BCUT2D eigenvalue weighted by molar-refractivity contribution is 7.89. The van der Waals surface area contributed by atoms with Gasteiger partial charge < -0.3 is 11.1 Å². The van der Waals surface area contributed by atoms with Crippen molar-refractivity contribution in [3.8, 4) is 0 Å². The third kappa shape index (κ3) is 3.99. The lowest BCUT2D eigenvalue weighted by molar-refractivity contribution is 0.584. The molecule has 1 aromatic carbocycles. The average Bonchev–Trinajstić information content (AvgIpc) is 2.26. The molecule has 0 spiro atoms. The lowest BCUT2D eigenvalue weighted by Crippen LogP contribution is -2.27. The van der Waals surface area contributed by atoms with E-state index >= 15 is 0 Å². The number of hydrogen-bond acceptors (Lipinski definition) is 4. The number of para-hydroxylation sites is 1. The van der Waals surface area contributed by atoms with Gasteiger partial charge in [0.05, 0.1) is 5.69 Å². The van der Waals surface area contributed by atoms with Gasteiger partial charge in [0.15, 0.2) is 0 Å². The maximum atomic E-state index is 11.9. The summed E-state index contributed by atoms with van der Waals surface area (Å²) < 4.78 is 26.3. The van der Waals surface area contributed by atoms with Gasteiger partial charge in [-0.3, -0.25) is 0 Å². The highest BCUT2D eigenvalue weighted by atomic mass is 32.2. The van der Waals surface area contributed by atoms with Crippen LogP contribution in [0.3, 0.4) is 0 Å². The molecular formula is C11H19N3O2S. The molecule has 0 aromatic heterocycles. The van der Waals surface area contributed by atoms with E-state index in [1.54, 1.807) is 31.2 Å². The number of sulfonamides is 1. The van der Waals surface area contributed by atoms with Crippen molar-refractivity contribution in [3.63, 3.8) is 0 Å². The average molecular weight is 257 g/mol. The van der Waals surface area contributed by atoms with Gasteiger partial charge in [0, 0.05) is 19.1 Å². The summed E-state index contributed by atoms with van der Waals surface area (Å²) >= 11 is 0. The molecule has 4 N–H and O–H groups in total. The van der Waals surface area contributed by atoms with E-state index in [1.807, 2.05) is 6.92 Å². The third-order valence-electron chi connectivity index (χ3n) is 2.13.